The minimum absolute atomic E-state index is 0.126. The molecule has 1 fully saturated rings. The van der Waals surface area contributed by atoms with Gasteiger partial charge in [-0.05, 0) is 26.2 Å². The molecular formula is C14H25N5OS. The fourth-order valence-electron chi connectivity index (χ4n) is 2.60. The molecule has 1 saturated heterocycles. The van der Waals surface area contributed by atoms with E-state index in [2.05, 4.69) is 22.1 Å². The van der Waals surface area contributed by atoms with Crippen LogP contribution < -0.4 is 21.7 Å². The lowest BCUT2D eigenvalue weighted by Gasteiger charge is -2.30. The average molecular weight is 311 g/mol. The van der Waals surface area contributed by atoms with Crippen molar-refractivity contribution >= 4 is 28.2 Å². The zero-order chi connectivity index (χ0) is 15.4. The maximum atomic E-state index is 12.2. The van der Waals surface area contributed by atoms with Crippen LogP contribution in [-0.2, 0) is 0 Å². The van der Waals surface area contributed by atoms with Crippen LogP contribution in [0.15, 0.2) is 0 Å². The Labute approximate surface area is 129 Å². The van der Waals surface area contributed by atoms with Gasteiger partial charge >= 0.3 is 0 Å². The van der Waals surface area contributed by atoms with Crippen molar-refractivity contribution in [3.63, 3.8) is 0 Å². The predicted octanol–water partition coefficient (Wildman–Crippen LogP) is 1.57. The second kappa shape index (κ2) is 7.09. The van der Waals surface area contributed by atoms with Gasteiger partial charge in [-0.2, -0.15) is 0 Å². The zero-order valence-electron chi connectivity index (χ0n) is 12.8. The Kier molecular flexibility index (Phi) is 5.41. The fourth-order valence-corrected chi connectivity index (χ4v) is 3.52. The van der Waals surface area contributed by atoms with Crippen molar-refractivity contribution in [3.05, 3.63) is 4.88 Å². The number of nitrogens with zero attached hydrogens (tertiary/aromatic N) is 2. The molecule has 1 aromatic heterocycles. The van der Waals surface area contributed by atoms with Crippen LogP contribution >= 0.6 is 11.3 Å². The van der Waals surface area contributed by atoms with Crippen molar-refractivity contribution in [2.24, 2.45) is 5.73 Å². The third-order valence-corrected chi connectivity index (χ3v) is 4.81. The van der Waals surface area contributed by atoms with Gasteiger partial charge in [0.2, 0.25) is 0 Å². The normalized spacial score (nSPS) is 20.3. The first-order valence-electron chi connectivity index (χ1n) is 7.59. The van der Waals surface area contributed by atoms with Gasteiger partial charge in [0.05, 0.1) is 0 Å². The van der Waals surface area contributed by atoms with Crippen LogP contribution in [0.4, 0.5) is 10.9 Å². The predicted molar refractivity (Wildman–Crippen MR) is 87.8 cm³/mol. The van der Waals surface area contributed by atoms with Gasteiger partial charge in [0.1, 0.15) is 10.7 Å². The highest BCUT2D eigenvalue weighted by molar-refractivity contribution is 7.18. The number of nitrogen functional groups attached to an aromatic ring is 1. The molecular weight excluding hydrogens is 286 g/mol. The van der Waals surface area contributed by atoms with Gasteiger partial charge in [0.25, 0.3) is 5.91 Å². The molecule has 1 amide bonds. The minimum atomic E-state index is -0.126. The molecule has 2 rings (SSSR count). The minimum Gasteiger partial charge on any atom is -0.382 e. The molecule has 2 heterocycles. The van der Waals surface area contributed by atoms with E-state index in [1.807, 2.05) is 6.92 Å². The van der Waals surface area contributed by atoms with Gasteiger partial charge in [-0.3, -0.25) is 4.79 Å². The lowest BCUT2D eigenvalue weighted by atomic mass is 10.1. The average Bonchev–Trinajstić information content (AvgIpc) is 2.81. The summed E-state index contributed by atoms with van der Waals surface area (Å²) in [7, 11) is 0. The Morgan fingerprint density at radius 2 is 2.38 bits per heavy atom. The van der Waals surface area contributed by atoms with E-state index < -0.39 is 0 Å². The summed E-state index contributed by atoms with van der Waals surface area (Å²) < 4.78 is 0. The summed E-state index contributed by atoms with van der Waals surface area (Å²) in [4.78, 5) is 19.2. The van der Waals surface area contributed by atoms with E-state index in [0.717, 1.165) is 43.9 Å². The summed E-state index contributed by atoms with van der Waals surface area (Å²) in [5.41, 5.74) is 11.9. The third kappa shape index (κ3) is 4.07. The summed E-state index contributed by atoms with van der Waals surface area (Å²) >= 11 is 1.36. The Morgan fingerprint density at radius 3 is 3.05 bits per heavy atom. The molecule has 0 radical (unpaired) electrons. The number of carbonyl (C=O) groups excluding carboxylic acids is 1. The Balaban J connectivity index is 2.06. The standard InChI is InChI=1S/C14H25N5OS/c1-3-5-9(2)17-13(20)11-12(16)18-14(21-11)19-7-4-6-10(15)8-19/h9-10H,3-8,15-16H2,1-2H3,(H,17,20). The molecule has 0 aromatic carbocycles. The number of nitrogens with one attached hydrogen (secondary N) is 1. The maximum Gasteiger partial charge on any atom is 0.265 e. The second-order valence-electron chi connectivity index (χ2n) is 5.72. The van der Waals surface area contributed by atoms with E-state index >= 15 is 0 Å². The lowest BCUT2D eigenvalue weighted by molar-refractivity contribution is 0.0943. The van der Waals surface area contributed by atoms with Crippen LogP contribution in [0.5, 0.6) is 0 Å². The van der Waals surface area contributed by atoms with E-state index in [1.165, 1.54) is 11.3 Å². The summed E-state index contributed by atoms with van der Waals surface area (Å²) in [5.74, 6) is 0.189. The molecule has 0 saturated carbocycles. The molecule has 2 unspecified atom stereocenters. The Bertz CT molecular complexity index is 490. The zero-order valence-corrected chi connectivity index (χ0v) is 13.6. The highest BCUT2D eigenvalue weighted by atomic mass is 32.1. The molecule has 21 heavy (non-hydrogen) atoms. The van der Waals surface area contributed by atoms with Gasteiger partial charge < -0.3 is 21.7 Å². The largest absolute Gasteiger partial charge is 0.382 e. The van der Waals surface area contributed by atoms with E-state index in [9.17, 15) is 4.79 Å². The number of aromatic nitrogens is 1. The molecule has 1 aliphatic heterocycles. The number of thiazole rings is 1. The van der Waals surface area contributed by atoms with Crippen molar-refractivity contribution in [1.29, 1.82) is 0 Å². The smallest absolute Gasteiger partial charge is 0.265 e. The van der Waals surface area contributed by atoms with Gasteiger partial charge in [0, 0.05) is 25.2 Å². The molecule has 7 heteroatoms. The van der Waals surface area contributed by atoms with Crippen LogP contribution in [0.1, 0.15) is 49.2 Å². The van der Waals surface area contributed by atoms with Gasteiger partial charge in [-0.15, -0.1) is 0 Å². The van der Waals surface area contributed by atoms with Crippen molar-refractivity contribution in [3.8, 4) is 0 Å². The third-order valence-electron chi connectivity index (χ3n) is 3.68. The topological polar surface area (TPSA) is 97.3 Å². The number of anilines is 2. The van der Waals surface area contributed by atoms with Crippen LogP contribution in [0.2, 0.25) is 0 Å². The van der Waals surface area contributed by atoms with Crippen molar-refractivity contribution in [2.75, 3.05) is 23.7 Å². The highest BCUT2D eigenvalue weighted by Gasteiger charge is 2.23. The van der Waals surface area contributed by atoms with Crippen LogP contribution in [0, 0.1) is 0 Å². The second-order valence-corrected chi connectivity index (χ2v) is 6.70. The molecule has 1 aliphatic rings. The molecule has 2 atom stereocenters. The summed E-state index contributed by atoms with van der Waals surface area (Å²) in [6.45, 7) is 5.80. The van der Waals surface area contributed by atoms with Crippen LogP contribution in [0.3, 0.4) is 0 Å². The molecule has 0 aliphatic carbocycles. The van der Waals surface area contributed by atoms with Crippen LogP contribution in [0.25, 0.3) is 0 Å². The van der Waals surface area contributed by atoms with E-state index in [4.69, 9.17) is 11.5 Å². The first kappa shape index (κ1) is 16.0. The van der Waals surface area contributed by atoms with Crippen molar-refractivity contribution < 1.29 is 4.79 Å². The van der Waals surface area contributed by atoms with Crippen LogP contribution in [-0.4, -0.2) is 36.1 Å². The molecule has 0 bridgehead atoms. The number of nitrogens with two attached hydrogens (primary N) is 2. The fraction of sp³-hybridized carbons (Fsp3) is 0.714. The SMILES string of the molecule is CCCC(C)NC(=O)c1sc(N2CCCC(N)C2)nc1N. The number of hydrogen-bond acceptors (Lipinski definition) is 6. The maximum absolute atomic E-state index is 12.2. The Morgan fingerprint density at radius 1 is 1.62 bits per heavy atom. The molecule has 5 N–H and O–H groups in total. The molecule has 0 spiro atoms. The summed E-state index contributed by atoms with van der Waals surface area (Å²) in [5, 5.41) is 3.77. The quantitative estimate of drug-likeness (QED) is 0.767. The first-order chi connectivity index (χ1) is 10.0. The first-order valence-corrected chi connectivity index (χ1v) is 8.40. The van der Waals surface area contributed by atoms with Crippen molar-refractivity contribution in [2.45, 2.75) is 51.6 Å². The van der Waals surface area contributed by atoms with Gasteiger partial charge in [-0.1, -0.05) is 24.7 Å². The molecule has 1 aromatic rings. The Hall–Kier alpha value is -1.34. The monoisotopic (exact) mass is 311 g/mol. The van der Waals surface area contributed by atoms with Crippen molar-refractivity contribution in [1.82, 2.24) is 10.3 Å². The highest BCUT2D eigenvalue weighted by Crippen LogP contribution is 2.29. The number of rotatable bonds is 5. The number of amides is 1. The number of piperidine rings is 1. The van der Waals surface area contributed by atoms with E-state index in [1.54, 1.807) is 0 Å². The summed E-state index contributed by atoms with van der Waals surface area (Å²) in [6, 6.07) is 0.321. The summed E-state index contributed by atoms with van der Waals surface area (Å²) in [6.07, 6.45) is 4.09. The molecule has 6 nitrogen and oxygen atoms in total. The number of hydrogen-bond donors (Lipinski definition) is 3. The van der Waals surface area contributed by atoms with E-state index in [0.29, 0.717) is 10.7 Å². The number of carbonyl (C=O) groups is 1. The lowest BCUT2D eigenvalue weighted by Crippen LogP contribution is -2.42. The molecule has 118 valence electrons. The van der Waals surface area contributed by atoms with Gasteiger partial charge in [-0.25, -0.2) is 4.98 Å². The van der Waals surface area contributed by atoms with E-state index in [-0.39, 0.29) is 18.0 Å². The van der Waals surface area contributed by atoms with Gasteiger partial charge in [0.15, 0.2) is 5.13 Å².